The third kappa shape index (κ3) is 2.32. The Bertz CT molecular complexity index is 305. The van der Waals surface area contributed by atoms with Crippen LogP contribution in [0.5, 0.6) is 0 Å². The van der Waals surface area contributed by atoms with E-state index in [0.717, 1.165) is 12.8 Å². The van der Waals surface area contributed by atoms with Crippen molar-refractivity contribution in [3.63, 3.8) is 0 Å². The van der Waals surface area contributed by atoms with Crippen LogP contribution in [0.3, 0.4) is 0 Å². The highest BCUT2D eigenvalue weighted by molar-refractivity contribution is 5.78. The maximum Gasteiger partial charge on any atom is 0.236 e. The van der Waals surface area contributed by atoms with Crippen molar-refractivity contribution in [2.45, 2.75) is 18.4 Å². The van der Waals surface area contributed by atoms with E-state index in [-0.39, 0.29) is 5.91 Å². The fourth-order valence-electron chi connectivity index (χ4n) is 2.82. The van der Waals surface area contributed by atoms with Crippen LogP contribution in [0.2, 0.25) is 0 Å². The van der Waals surface area contributed by atoms with Gasteiger partial charge >= 0.3 is 0 Å². The first-order valence-corrected chi connectivity index (χ1v) is 6.48. The molecule has 0 atom stereocenters. The number of likely N-dealkylation sites (tertiary alicyclic amines) is 1. The molecule has 17 heavy (non-hydrogen) atoms. The van der Waals surface area contributed by atoms with Crippen LogP contribution in [-0.2, 0) is 9.53 Å². The molecule has 2 heterocycles. The van der Waals surface area contributed by atoms with E-state index in [1.54, 1.807) is 0 Å². The maximum atomic E-state index is 11.9. The highest BCUT2D eigenvalue weighted by atomic mass is 16.5. The van der Waals surface area contributed by atoms with E-state index in [1.807, 2.05) is 4.90 Å². The van der Waals surface area contributed by atoms with Gasteiger partial charge in [-0.05, 0) is 18.8 Å². The molecule has 3 aliphatic rings. The molecule has 5 nitrogen and oxygen atoms in total. The number of carbonyl (C=O) groups excluding carboxylic acids is 1. The number of hydrogen-bond donors (Lipinski definition) is 1. The van der Waals surface area contributed by atoms with E-state index >= 15 is 0 Å². The molecule has 3 rings (SSSR count). The van der Waals surface area contributed by atoms with Gasteiger partial charge in [-0.3, -0.25) is 9.69 Å². The van der Waals surface area contributed by atoms with Crippen molar-refractivity contribution < 1.29 is 14.6 Å². The molecule has 0 bridgehead atoms. The molecule has 0 aromatic heterocycles. The molecule has 0 aromatic rings. The number of morpholine rings is 1. The van der Waals surface area contributed by atoms with Gasteiger partial charge in [-0.25, -0.2) is 0 Å². The van der Waals surface area contributed by atoms with Gasteiger partial charge in [0, 0.05) is 26.2 Å². The van der Waals surface area contributed by atoms with Crippen molar-refractivity contribution in [2.75, 3.05) is 45.9 Å². The lowest BCUT2D eigenvalue weighted by Crippen LogP contribution is -2.64. The van der Waals surface area contributed by atoms with Gasteiger partial charge in [0.2, 0.25) is 5.91 Å². The first kappa shape index (κ1) is 11.4. The summed E-state index contributed by atoms with van der Waals surface area (Å²) in [5.41, 5.74) is -0.481. The van der Waals surface area contributed by atoms with Crippen molar-refractivity contribution in [3.8, 4) is 0 Å². The van der Waals surface area contributed by atoms with Gasteiger partial charge in [-0.15, -0.1) is 0 Å². The number of ether oxygens (including phenoxy) is 1. The summed E-state index contributed by atoms with van der Waals surface area (Å²) in [6.45, 7) is 4.52. The van der Waals surface area contributed by atoms with Crippen molar-refractivity contribution in [1.29, 1.82) is 0 Å². The fourth-order valence-corrected chi connectivity index (χ4v) is 2.82. The SMILES string of the molecule is O=C(CN1CC(O)(C2CC2)C1)N1CCOCC1. The average molecular weight is 240 g/mol. The van der Waals surface area contributed by atoms with Crippen molar-refractivity contribution in [2.24, 2.45) is 5.92 Å². The van der Waals surface area contributed by atoms with E-state index < -0.39 is 5.60 Å². The summed E-state index contributed by atoms with van der Waals surface area (Å²) in [6.07, 6.45) is 2.31. The number of aliphatic hydroxyl groups is 1. The standard InChI is InChI=1S/C12H20N2O3/c15-11(14-3-5-17-6-4-14)7-13-8-12(16,9-13)10-1-2-10/h10,16H,1-9H2. The zero-order chi connectivity index (χ0) is 11.9. The first-order chi connectivity index (χ1) is 8.17. The lowest BCUT2D eigenvalue weighted by molar-refractivity contribution is -0.148. The van der Waals surface area contributed by atoms with Crippen LogP contribution in [-0.4, -0.2) is 72.4 Å². The minimum absolute atomic E-state index is 0.172. The molecule has 0 unspecified atom stereocenters. The van der Waals surface area contributed by atoms with E-state index in [2.05, 4.69) is 4.90 Å². The predicted octanol–water partition coefficient (Wildman–Crippen LogP) is -0.698. The molecule has 2 saturated heterocycles. The molecule has 1 N–H and O–H groups in total. The second-order valence-corrected chi connectivity index (χ2v) is 5.52. The largest absolute Gasteiger partial charge is 0.387 e. The van der Waals surface area contributed by atoms with Crippen LogP contribution >= 0.6 is 0 Å². The van der Waals surface area contributed by atoms with Gasteiger partial charge in [0.1, 0.15) is 0 Å². The Balaban J connectivity index is 1.43. The summed E-state index contributed by atoms with van der Waals surface area (Å²) in [4.78, 5) is 15.9. The molecule has 5 heteroatoms. The number of nitrogens with zero attached hydrogens (tertiary/aromatic N) is 2. The van der Waals surface area contributed by atoms with Crippen LogP contribution in [0.4, 0.5) is 0 Å². The van der Waals surface area contributed by atoms with Crippen LogP contribution in [0, 0.1) is 5.92 Å². The highest BCUT2D eigenvalue weighted by Gasteiger charge is 2.52. The second-order valence-electron chi connectivity index (χ2n) is 5.52. The van der Waals surface area contributed by atoms with Crippen molar-refractivity contribution in [1.82, 2.24) is 9.80 Å². The van der Waals surface area contributed by atoms with Crippen LogP contribution < -0.4 is 0 Å². The van der Waals surface area contributed by atoms with E-state index in [0.29, 0.717) is 51.9 Å². The Hall–Kier alpha value is -0.650. The number of hydrogen-bond acceptors (Lipinski definition) is 4. The zero-order valence-corrected chi connectivity index (χ0v) is 10.1. The fraction of sp³-hybridized carbons (Fsp3) is 0.917. The van der Waals surface area contributed by atoms with Crippen molar-refractivity contribution >= 4 is 5.91 Å². The molecule has 96 valence electrons. The smallest absolute Gasteiger partial charge is 0.236 e. The summed E-state index contributed by atoms with van der Waals surface area (Å²) in [5, 5.41) is 10.2. The summed E-state index contributed by atoms with van der Waals surface area (Å²) in [6, 6.07) is 0. The Labute approximate surface area is 101 Å². The maximum absolute atomic E-state index is 11.9. The minimum Gasteiger partial charge on any atom is -0.387 e. The van der Waals surface area contributed by atoms with Crippen molar-refractivity contribution in [3.05, 3.63) is 0 Å². The molecule has 0 radical (unpaired) electrons. The Kier molecular flexibility index (Phi) is 2.84. The van der Waals surface area contributed by atoms with Gasteiger partial charge in [0.15, 0.2) is 0 Å². The molecule has 0 aromatic carbocycles. The van der Waals surface area contributed by atoms with Crippen LogP contribution in [0.15, 0.2) is 0 Å². The zero-order valence-electron chi connectivity index (χ0n) is 10.1. The third-order valence-electron chi connectivity index (χ3n) is 4.05. The molecule has 3 fully saturated rings. The van der Waals surface area contributed by atoms with E-state index in [1.165, 1.54) is 0 Å². The first-order valence-electron chi connectivity index (χ1n) is 6.48. The lowest BCUT2D eigenvalue weighted by Gasteiger charge is -2.47. The number of amides is 1. The molecule has 1 aliphatic carbocycles. The monoisotopic (exact) mass is 240 g/mol. The topological polar surface area (TPSA) is 53.0 Å². The average Bonchev–Trinajstić information content (AvgIpc) is 3.12. The van der Waals surface area contributed by atoms with Gasteiger partial charge in [-0.2, -0.15) is 0 Å². The Morgan fingerprint density at radius 1 is 1.29 bits per heavy atom. The van der Waals surface area contributed by atoms with Crippen LogP contribution in [0.25, 0.3) is 0 Å². The molecule has 1 saturated carbocycles. The molecule has 1 amide bonds. The quantitative estimate of drug-likeness (QED) is 0.709. The number of rotatable bonds is 3. The Morgan fingerprint density at radius 3 is 2.53 bits per heavy atom. The van der Waals surface area contributed by atoms with E-state index in [9.17, 15) is 9.90 Å². The summed E-state index contributed by atoms with van der Waals surface area (Å²) in [7, 11) is 0. The van der Waals surface area contributed by atoms with Crippen LogP contribution in [0.1, 0.15) is 12.8 Å². The minimum atomic E-state index is -0.481. The van der Waals surface area contributed by atoms with Gasteiger partial charge in [0.25, 0.3) is 0 Å². The second kappa shape index (κ2) is 4.23. The molecular formula is C12H20N2O3. The van der Waals surface area contributed by atoms with Gasteiger partial charge in [0.05, 0.1) is 25.4 Å². The highest BCUT2D eigenvalue weighted by Crippen LogP contribution is 2.44. The Morgan fingerprint density at radius 2 is 1.94 bits per heavy atom. The number of carbonyl (C=O) groups is 1. The normalized spacial score (nSPS) is 28.9. The molecule has 2 aliphatic heterocycles. The van der Waals surface area contributed by atoms with Gasteiger partial charge in [-0.1, -0.05) is 0 Å². The predicted molar refractivity (Wildman–Crippen MR) is 61.5 cm³/mol. The summed E-state index contributed by atoms with van der Waals surface area (Å²) >= 11 is 0. The molecule has 0 spiro atoms. The lowest BCUT2D eigenvalue weighted by atomic mass is 9.89. The third-order valence-corrected chi connectivity index (χ3v) is 4.05. The number of β-amino-alcohol motifs (C(OH)–C–C–N with tert-alkyl or cyclic N) is 1. The summed E-state index contributed by atoms with van der Waals surface area (Å²) in [5.74, 6) is 0.670. The summed E-state index contributed by atoms with van der Waals surface area (Å²) < 4.78 is 5.22. The van der Waals surface area contributed by atoms with E-state index in [4.69, 9.17) is 4.74 Å². The van der Waals surface area contributed by atoms with Gasteiger partial charge < -0.3 is 14.7 Å². The molecular weight excluding hydrogens is 220 g/mol.